The summed E-state index contributed by atoms with van der Waals surface area (Å²) in [6, 6.07) is 53.4. The first-order valence-electron chi connectivity index (χ1n) is 18.5. The van der Waals surface area contributed by atoms with Crippen molar-refractivity contribution in [3.8, 4) is 5.69 Å². The summed E-state index contributed by atoms with van der Waals surface area (Å²) in [5.74, 6) is 0.903. The number of hydrogen-bond acceptors (Lipinski definition) is 2. The highest BCUT2D eigenvalue weighted by molar-refractivity contribution is 6.15. The van der Waals surface area contributed by atoms with Crippen LogP contribution in [0.3, 0.4) is 0 Å². The first-order valence-corrected chi connectivity index (χ1v) is 18.5. The molecule has 6 aromatic carbocycles. The molecule has 0 saturated heterocycles. The first-order chi connectivity index (χ1) is 26.0. The molecule has 0 amide bonds. The highest BCUT2D eigenvalue weighted by Crippen LogP contribution is 2.44. The van der Waals surface area contributed by atoms with Crippen LogP contribution < -0.4 is 10.6 Å². The zero-order valence-corrected chi connectivity index (χ0v) is 30.4. The van der Waals surface area contributed by atoms with Crippen molar-refractivity contribution in [2.24, 2.45) is 10.7 Å². The number of para-hydroxylation sites is 2. The van der Waals surface area contributed by atoms with Crippen LogP contribution in [0.15, 0.2) is 181 Å². The van der Waals surface area contributed by atoms with Crippen LogP contribution in [0, 0.1) is 13.8 Å². The summed E-state index contributed by atoms with van der Waals surface area (Å²) >= 11 is 0. The van der Waals surface area contributed by atoms with E-state index in [0.717, 1.165) is 29.9 Å². The number of nitrogens with two attached hydrogens (primary N) is 1. The quantitative estimate of drug-likeness (QED) is 0.145. The molecule has 2 aliphatic rings. The van der Waals surface area contributed by atoms with Gasteiger partial charge in [0, 0.05) is 33.8 Å². The van der Waals surface area contributed by atoms with Crippen LogP contribution in [0.25, 0.3) is 38.8 Å². The molecule has 1 atom stereocenters. The fourth-order valence-corrected chi connectivity index (χ4v) is 7.56. The Morgan fingerprint density at radius 3 is 2.04 bits per heavy atom. The van der Waals surface area contributed by atoms with Gasteiger partial charge in [-0.3, -0.25) is 4.99 Å². The van der Waals surface area contributed by atoms with Gasteiger partial charge < -0.3 is 15.2 Å². The van der Waals surface area contributed by atoms with Crippen LogP contribution in [0.1, 0.15) is 40.7 Å². The second kappa shape index (κ2) is 15.1. The van der Waals surface area contributed by atoms with E-state index in [1.54, 1.807) is 0 Å². The predicted molar refractivity (Wildman–Crippen MR) is 226 cm³/mol. The molecule has 0 bridgehead atoms. The molecule has 2 heterocycles. The zero-order valence-electron chi connectivity index (χ0n) is 30.4. The Morgan fingerprint density at radius 1 is 0.717 bits per heavy atom. The standard InChI is InChI=1S/C30H29N3.C19H15N/c1-22-17-18-29-26(19-22)25-15-9-4-10-16-28(25)33(29)30(32-21-23-11-5-2-6-12-23)20-27(31)24-13-7-3-8-14-24;1-14-10-12-15(13-11-14)20-18-8-4-2-6-16(18)17-7-3-5-9-19(17)20/h2-9,11-15,17-20,28H,10,16,21,31H2,1H3;2-13H,1H3/b27-20-,32-30?;. The number of aliphatic imine (C=N–C) groups is 1. The van der Waals surface area contributed by atoms with Gasteiger partial charge >= 0.3 is 0 Å². The molecular formula is C49H44N4. The van der Waals surface area contributed by atoms with E-state index in [4.69, 9.17) is 10.7 Å². The molecule has 0 radical (unpaired) electrons. The second-order valence-electron chi connectivity index (χ2n) is 13.9. The Labute approximate surface area is 312 Å². The summed E-state index contributed by atoms with van der Waals surface area (Å²) in [6.45, 7) is 4.88. The third-order valence-corrected chi connectivity index (χ3v) is 10.2. The number of benzene rings is 6. The van der Waals surface area contributed by atoms with E-state index in [1.807, 2.05) is 42.5 Å². The minimum absolute atomic E-state index is 0.242. The molecule has 1 aromatic heterocycles. The van der Waals surface area contributed by atoms with Gasteiger partial charge in [-0.15, -0.1) is 0 Å². The highest BCUT2D eigenvalue weighted by atomic mass is 15.2. The summed E-state index contributed by atoms with van der Waals surface area (Å²) in [5, 5.41) is 2.62. The molecular weight excluding hydrogens is 645 g/mol. The molecule has 1 unspecified atom stereocenters. The van der Waals surface area contributed by atoms with Gasteiger partial charge in [0.05, 0.1) is 29.3 Å². The summed E-state index contributed by atoms with van der Waals surface area (Å²) in [5.41, 5.74) is 19.7. The van der Waals surface area contributed by atoms with E-state index < -0.39 is 0 Å². The lowest BCUT2D eigenvalue weighted by atomic mass is 9.99. The van der Waals surface area contributed by atoms with Gasteiger partial charge in [-0.05, 0) is 79.8 Å². The Bertz CT molecular complexity index is 2450. The summed E-state index contributed by atoms with van der Waals surface area (Å²) in [7, 11) is 0. The van der Waals surface area contributed by atoms with Crippen LogP contribution in [-0.2, 0) is 6.54 Å². The number of nitrogens with zero attached hydrogens (tertiary/aromatic N) is 3. The average molecular weight is 689 g/mol. The van der Waals surface area contributed by atoms with Crippen LogP contribution >= 0.6 is 0 Å². The lowest BCUT2D eigenvalue weighted by Gasteiger charge is -2.28. The lowest BCUT2D eigenvalue weighted by Crippen LogP contribution is -2.36. The average Bonchev–Trinajstić information content (AvgIpc) is 3.57. The number of allylic oxidation sites excluding steroid dienone is 3. The lowest BCUT2D eigenvalue weighted by molar-refractivity contribution is 0.754. The van der Waals surface area contributed by atoms with Gasteiger partial charge in [-0.25, -0.2) is 0 Å². The Hall–Kier alpha value is -6.39. The molecule has 53 heavy (non-hydrogen) atoms. The van der Waals surface area contributed by atoms with Crippen molar-refractivity contribution in [2.75, 3.05) is 4.90 Å². The van der Waals surface area contributed by atoms with Gasteiger partial charge in [0.15, 0.2) is 0 Å². The second-order valence-corrected chi connectivity index (χ2v) is 13.9. The van der Waals surface area contributed by atoms with Crippen molar-refractivity contribution in [2.45, 2.75) is 39.3 Å². The molecule has 9 rings (SSSR count). The van der Waals surface area contributed by atoms with Crippen molar-refractivity contribution >= 4 is 44.6 Å². The molecule has 4 nitrogen and oxygen atoms in total. The van der Waals surface area contributed by atoms with E-state index in [9.17, 15) is 0 Å². The largest absolute Gasteiger partial charge is 0.398 e. The van der Waals surface area contributed by atoms with Crippen molar-refractivity contribution in [3.05, 3.63) is 204 Å². The molecule has 0 spiro atoms. The van der Waals surface area contributed by atoms with E-state index >= 15 is 0 Å². The maximum absolute atomic E-state index is 6.60. The fraction of sp³-hybridized carbons (Fsp3) is 0.122. The van der Waals surface area contributed by atoms with Gasteiger partial charge in [-0.1, -0.05) is 145 Å². The number of aryl methyl sites for hydroxylation is 2. The number of rotatable bonds is 5. The predicted octanol–water partition coefficient (Wildman–Crippen LogP) is 11.6. The van der Waals surface area contributed by atoms with Crippen LogP contribution in [-0.4, -0.2) is 16.4 Å². The first kappa shape index (κ1) is 33.7. The maximum Gasteiger partial charge on any atom is 0.130 e. The molecule has 1 aliphatic heterocycles. The van der Waals surface area contributed by atoms with E-state index in [1.165, 1.54) is 61.0 Å². The highest BCUT2D eigenvalue weighted by Gasteiger charge is 2.36. The Morgan fingerprint density at radius 2 is 1.34 bits per heavy atom. The fourth-order valence-electron chi connectivity index (χ4n) is 7.56. The number of aromatic nitrogens is 1. The SMILES string of the molecule is Cc1ccc(-n2c3ccccc3c3ccccc32)cc1.Cc1ccc2c(c1)C1=CC=CCCC1N2C(/C=C(\N)c1ccccc1)=NCc1ccccc1. The molecule has 260 valence electrons. The molecule has 4 heteroatoms. The van der Waals surface area contributed by atoms with Crippen LogP contribution in [0.5, 0.6) is 0 Å². The molecule has 7 aromatic rings. The molecule has 0 fully saturated rings. The molecule has 2 N–H and O–H groups in total. The molecule has 1 aliphatic carbocycles. The van der Waals surface area contributed by atoms with E-state index in [-0.39, 0.29) is 6.04 Å². The van der Waals surface area contributed by atoms with Crippen LogP contribution in [0.4, 0.5) is 5.69 Å². The smallest absolute Gasteiger partial charge is 0.130 e. The topological polar surface area (TPSA) is 46.5 Å². The van der Waals surface area contributed by atoms with E-state index in [2.05, 4.69) is 157 Å². The summed E-state index contributed by atoms with van der Waals surface area (Å²) in [4.78, 5) is 7.52. The van der Waals surface area contributed by atoms with Gasteiger partial charge in [0.1, 0.15) is 5.84 Å². The van der Waals surface area contributed by atoms with Crippen molar-refractivity contribution in [1.29, 1.82) is 0 Å². The third-order valence-electron chi connectivity index (χ3n) is 10.2. The number of hydrogen-bond donors (Lipinski definition) is 1. The Kier molecular flexibility index (Phi) is 9.59. The normalized spacial score (nSPS) is 15.4. The molecule has 0 saturated carbocycles. The number of fused-ring (bicyclic) bond motifs is 6. The van der Waals surface area contributed by atoms with Crippen molar-refractivity contribution in [1.82, 2.24) is 4.57 Å². The summed E-state index contributed by atoms with van der Waals surface area (Å²) < 4.78 is 2.34. The minimum Gasteiger partial charge on any atom is -0.398 e. The van der Waals surface area contributed by atoms with Crippen LogP contribution in [0.2, 0.25) is 0 Å². The van der Waals surface area contributed by atoms with E-state index in [0.29, 0.717) is 6.54 Å². The van der Waals surface area contributed by atoms with Gasteiger partial charge in [-0.2, -0.15) is 0 Å². The number of anilines is 1. The van der Waals surface area contributed by atoms with Crippen molar-refractivity contribution < 1.29 is 0 Å². The van der Waals surface area contributed by atoms with Crippen molar-refractivity contribution in [3.63, 3.8) is 0 Å². The monoisotopic (exact) mass is 688 g/mol. The third kappa shape index (κ3) is 6.96. The minimum atomic E-state index is 0.242. The summed E-state index contributed by atoms with van der Waals surface area (Å²) in [6.07, 6.45) is 10.9. The Balaban J connectivity index is 0.000000170. The maximum atomic E-state index is 6.60. The van der Waals surface area contributed by atoms with Gasteiger partial charge in [0.25, 0.3) is 0 Å². The number of amidine groups is 1. The zero-order chi connectivity index (χ0) is 36.1. The van der Waals surface area contributed by atoms with Gasteiger partial charge in [0.2, 0.25) is 0 Å².